The smallest absolute Gasteiger partial charge is 0.00716 e. The molecule has 19 heavy (non-hydrogen) atoms. The van der Waals surface area contributed by atoms with Crippen LogP contribution < -0.4 is 10.6 Å². The van der Waals surface area contributed by atoms with Gasteiger partial charge < -0.3 is 10.6 Å². The lowest BCUT2D eigenvalue weighted by Crippen LogP contribution is -2.32. The van der Waals surface area contributed by atoms with Crippen LogP contribution in [0.15, 0.2) is 0 Å². The summed E-state index contributed by atoms with van der Waals surface area (Å²) in [6.07, 6.45) is 8.16. The van der Waals surface area contributed by atoms with Gasteiger partial charge in [-0.3, -0.25) is 0 Å². The highest BCUT2D eigenvalue weighted by molar-refractivity contribution is 7.99. The Morgan fingerprint density at radius 2 is 1.95 bits per heavy atom. The fraction of sp³-hybridized carbons (Fsp3) is 1.00. The van der Waals surface area contributed by atoms with E-state index < -0.39 is 0 Å². The molecule has 1 rings (SSSR count). The average Bonchev–Trinajstić information content (AvgIpc) is 2.39. The Morgan fingerprint density at radius 1 is 1.21 bits per heavy atom. The van der Waals surface area contributed by atoms with E-state index in [-0.39, 0.29) is 0 Å². The van der Waals surface area contributed by atoms with Crippen molar-refractivity contribution in [3.05, 3.63) is 0 Å². The Balaban J connectivity index is 1.96. The molecule has 114 valence electrons. The van der Waals surface area contributed by atoms with Crippen LogP contribution in [0.3, 0.4) is 0 Å². The van der Waals surface area contributed by atoms with Gasteiger partial charge in [0.15, 0.2) is 0 Å². The highest BCUT2D eigenvalue weighted by atomic mass is 32.2. The van der Waals surface area contributed by atoms with E-state index in [4.69, 9.17) is 0 Å². The van der Waals surface area contributed by atoms with Gasteiger partial charge >= 0.3 is 0 Å². The summed E-state index contributed by atoms with van der Waals surface area (Å²) in [6.45, 7) is 11.9. The molecule has 0 aromatic carbocycles. The molecule has 0 aromatic heterocycles. The van der Waals surface area contributed by atoms with Crippen molar-refractivity contribution in [3.8, 4) is 0 Å². The van der Waals surface area contributed by atoms with Gasteiger partial charge in [0.05, 0.1) is 0 Å². The Bertz CT molecular complexity index is 213. The first-order valence-corrected chi connectivity index (χ1v) is 9.22. The van der Waals surface area contributed by atoms with Crippen LogP contribution in [0, 0.1) is 5.41 Å². The molecule has 0 saturated carbocycles. The van der Waals surface area contributed by atoms with Gasteiger partial charge in [-0.2, -0.15) is 11.8 Å². The summed E-state index contributed by atoms with van der Waals surface area (Å²) in [5, 5.41) is 7.99. The van der Waals surface area contributed by atoms with Crippen molar-refractivity contribution in [1.82, 2.24) is 10.6 Å². The van der Waals surface area contributed by atoms with E-state index in [2.05, 4.69) is 43.2 Å². The summed E-state index contributed by atoms with van der Waals surface area (Å²) in [5.41, 5.74) is 0.467. The van der Waals surface area contributed by atoms with E-state index >= 15 is 0 Å². The fourth-order valence-corrected chi connectivity index (χ4v) is 3.79. The molecule has 1 aliphatic heterocycles. The minimum absolute atomic E-state index is 0.467. The second kappa shape index (κ2) is 10.1. The molecule has 1 heterocycles. The topological polar surface area (TPSA) is 24.1 Å². The summed E-state index contributed by atoms with van der Waals surface area (Å²) < 4.78 is 0. The molecule has 0 aliphatic carbocycles. The number of hydrogen-bond donors (Lipinski definition) is 2. The minimum Gasteiger partial charge on any atom is -0.317 e. The number of nitrogens with one attached hydrogen (secondary N) is 2. The summed E-state index contributed by atoms with van der Waals surface area (Å²) in [5.74, 6) is 1.27. The van der Waals surface area contributed by atoms with Gasteiger partial charge in [0.1, 0.15) is 0 Å². The maximum Gasteiger partial charge on any atom is 0.00716 e. The van der Waals surface area contributed by atoms with Crippen LogP contribution >= 0.6 is 11.8 Å². The molecule has 0 atom stereocenters. The molecule has 2 nitrogen and oxygen atoms in total. The molecule has 1 saturated heterocycles. The van der Waals surface area contributed by atoms with Crippen molar-refractivity contribution in [1.29, 1.82) is 0 Å². The van der Waals surface area contributed by atoms with Gasteiger partial charge in [-0.05, 0) is 37.8 Å². The second-order valence-corrected chi connectivity index (χ2v) is 8.03. The van der Waals surface area contributed by atoms with Gasteiger partial charge in [0, 0.05) is 24.1 Å². The predicted molar refractivity (Wildman–Crippen MR) is 89.1 cm³/mol. The first-order chi connectivity index (χ1) is 9.14. The number of thioether (sulfide) groups is 1. The maximum atomic E-state index is 3.66. The molecule has 3 heteroatoms. The Kier molecular flexibility index (Phi) is 9.17. The van der Waals surface area contributed by atoms with Crippen molar-refractivity contribution >= 4 is 11.8 Å². The Morgan fingerprint density at radius 3 is 2.63 bits per heavy atom. The molecule has 0 aromatic rings. The normalized spacial score (nSPS) is 17.8. The highest BCUT2D eigenvalue weighted by Gasteiger charge is 2.17. The van der Waals surface area contributed by atoms with Gasteiger partial charge in [-0.1, -0.05) is 40.0 Å². The lowest BCUT2D eigenvalue weighted by atomic mass is 9.87. The molecule has 0 spiro atoms. The Hall–Kier alpha value is 0.270. The van der Waals surface area contributed by atoms with E-state index in [9.17, 15) is 0 Å². The summed E-state index contributed by atoms with van der Waals surface area (Å²) in [6, 6.07) is 0. The van der Waals surface area contributed by atoms with E-state index in [0.29, 0.717) is 5.41 Å². The molecule has 0 bridgehead atoms. The third-order valence-electron chi connectivity index (χ3n) is 3.98. The molecule has 2 N–H and O–H groups in total. The molecule has 0 amide bonds. The van der Waals surface area contributed by atoms with Crippen molar-refractivity contribution in [2.75, 3.05) is 31.9 Å². The number of unbranched alkanes of at least 4 members (excludes halogenated alkanes) is 2. The molecule has 1 fully saturated rings. The molecular formula is C16H34N2S. The summed E-state index contributed by atoms with van der Waals surface area (Å²) in [7, 11) is 0. The zero-order chi connectivity index (χ0) is 14.0. The quantitative estimate of drug-likeness (QED) is 0.599. The summed E-state index contributed by atoms with van der Waals surface area (Å²) in [4.78, 5) is 0. The van der Waals surface area contributed by atoms with Crippen molar-refractivity contribution in [3.63, 3.8) is 0 Å². The monoisotopic (exact) mass is 286 g/mol. The third kappa shape index (κ3) is 8.93. The molecule has 0 unspecified atom stereocenters. The van der Waals surface area contributed by atoms with Crippen LogP contribution in [0.2, 0.25) is 0 Å². The second-order valence-electron chi connectivity index (χ2n) is 6.62. The minimum atomic E-state index is 0.467. The van der Waals surface area contributed by atoms with E-state index in [0.717, 1.165) is 5.25 Å². The summed E-state index contributed by atoms with van der Waals surface area (Å²) >= 11 is 2.17. The van der Waals surface area contributed by atoms with Crippen molar-refractivity contribution in [2.45, 2.75) is 64.5 Å². The average molecular weight is 287 g/mol. The zero-order valence-corrected chi connectivity index (χ0v) is 14.1. The zero-order valence-electron chi connectivity index (χ0n) is 13.3. The van der Waals surface area contributed by atoms with E-state index in [1.807, 2.05) is 0 Å². The number of hydrogen-bond acceptors (Lipinski definition) is 3. The Labute approximate surface area is 124 Å². The molecule has 1 aliphatic rings. The number of rotatable bonds is 10. The van der Waals surface area contributed by atoms with Crippen LogP contribution in [-0.2, 0) is 0 Å². The predicted octanol–water partition coefficient (Wildman–Crippen LogP) is 3.67. The van der Waals surface area contributed by atoms with E-state index in [1.54, 1.807) is 0 Å². The van der Waals surface area contributed by atoms with Crippen molar-refractivity contribution in [2.24, 2.45) is 5.41 Å². The van der Waals surface area contributed by atoms with Crippen LogP contribution in [0.1, 0.15) is 59.3 Å². The SMILES string of the molecule is CCCCCC(C)(C)CNCCSC1CCNCC1. The van der Waals surface area contributed by atoms with Crippen LogP contribution in [-0.4, -0.2) is 37.2 Å². The maximum absolute atomic E-state index is 3.66. The van der Waals surface area contributed by atoms with Crippen molar-refractivity contribution < 1.29 is 0 Å². The number of piperidine rings is 1. The first-order valence-electron chi connectivity index (χ1n) is 8.17. The highest BCUT2D eigenvalue weighted by Crippen LogP contribution is 2.23. The lowest BCUT2D eigenvalue weighted by molar-refractivity contribution is 0.305. The van der Waals surface area contributed by atoms with Crippen LogP contribution in [0.4, 0.5) is 0 Å². The van der Waals surface area contributed by atoms with Gasteiger partial charge in [-0.15, -0.1) is 0 Å². The van der Waals surface area contributed by atoms with E-state index in [1.165, 1.54) is 70.5 Å². The fourth-order valence-electron chi connectivity index (χ4n) is 2.63. The van der Waals surface area contributed by atoms with Gasteiger partial charge in [-0.25, -0.2) is 0 Å². The molecular weight excluding hydrogens is 252 g/mol. The third-order valence-corrected chi connectivity index (χ3v) is 5.36. The van der Waals surface area contributed by atoms with Crippen LogP contribution in [0.5, 0.6) is 0 Å². The van der Waals surface area contributed by atoms with Crippen LogP contribution in [0.25, 0.3) is 0 Å². The first kappa shape index (κ1) is 17.3. The van der Waals surface area contributed by atoms with Gasteiger partial charge in [0.2, 0.25) is 0 Å². The lowest BCUT2D eigenvalue weighted by Gasteiger charge is -2.26. The standard InChI is InChI=1S/C16H34N2S/c1-4-5-6-9-16(2,3)14-18-12-13-19-15-7-10-17-11-8-15/h15,17-18H,4-14H2,1-3H3. The van der Waals surface area contributed by atoms with Gasteiger partial charge in [0.25, 0.3) is 0 Å². The largest absolute Gasteiger partial charge is 0.317 e. The molecule has 0 radical (unpaired) electrons.